The Bertz CT molecular complexity index is 403. The minimum Gasteiger partial charge on any atom is -0.550 e. The van der Waals surface area contributed by atoms with Gasteiger partial charge in [0.15, 0.2) is 0 Å². The first-order valence-corrected chi connectivity index (χ1v) is 9.25. The fourth-order valence-electron chi connectivity index (χ4n) is 2.48. The third-order valence-corrected chi connectivity index (χ3v) is 3.80. The Balaban J connectivity index is 0. The average molecular weight is 381 g/mol. The number of hydrogen-bond donors (Lipinski definition) is 2. The topological polar surface area (TPSA) is 116 Å². The molecular weight excluding hydrogens is 349 g/mol. The molecule has 0 saturated carbocycles. The molecule has 0 aliphatic carbocycles. The van der Waals surface area contributed by atoms with Crippen molar-refractivity contribution in [3.8, 4) is 0 Å². The number of unbranched alkanes of at least 4 members (excludes halogenated alkanes) is 8. The van der Waals surface area contributed by atoms with Crippen molar-refractivity contribution in [2.45, 2.75) is 96.7 Å². The molecule has 0 aliphatic heterocycles. The summed E-state index contributed by atoms with van der Waals surface area (Å²) in [5, 5.41) is 22.1. The molecule has 0 aromatic carbocycles. The quantitative estimate of drug-likeness (QED) is 0.116. The average Bonchev–Trinajstić information content (AvgIpc) is 2.51. The van der Waals surface area contributed by atoms with Crippen LogP contribution in [0.3, 0.4) is 0 Å². The number of carbonyl (C=O) groups is 3. The Morgan fingerprint density at radius 3 is 1.96 bits per heavy atom. The Labute approximate surface area is 178 Å². The summed E-state index contributed by atoms with van der Waals surface area (Å²) in [6.45, 7) is 3.52. The van der Waals surface area contributed by atoms with Crippen molar-refractivity contribution in [1.29, 1.82) is 0 Å². The molecule has 0 spiro atoms. The number of aliphatic hydroxyl groups is 1. The van der Waals surface area contributed by atoms with Gasteiger partial charge in [-0.15, -0.1) is 0 Å². The van der Waals surface area contributed by atoms with E-state index in [4.69, 9.17) is 0 Å². The number of aliphatic hydroxyl groups excluding tert-OH is 1. The molecule has 146 valence electrons. The maximum Gasteiger partial charge on any atom is 1.00 e. The van der Waals surface area contributed by atoms with Crippen LogP contribution in [-0.2, 0) is 19.1 Å². The van der Waals surface area contributed by atoms with E-state index in [0.29, 0.717) is 6.42 Å². The minimum absolute atomic E-state index is 0. The number of carbonyl (C=O) groups excluding carboxylic acids is 3. The van der Waals surface area contributed by atoms with Crippen molar-refractivity contribution in [2.24, 2.45) is 0 Å². The van der Waals surface area contributed by atoms with E-state index in [1.807, 2.05) is 0 Å². The van der Waals surface area contributed by atoms with Crippen LogP contribution in [0, 0.1) is 0 Å². The second kappa shape index (κ2) is 17.9. The van der Waals surface area contributed by atoms with Crippen LogP contribution < -0.4 is 40.0 Å². The van der Waals surface area contributed by atoms with Crippen molar-refractivity contribution in [1.82, 2.24) is 5.32 Å². The Morgan fingerprint density at radius 1 is 1.00 bits per heavy atom. The second-order valence-corrected chi connectivity index (χ2v) is 6.34. The van der Waals surface area contributed by atoms with Gasteiger partial charge in [0.2, 0.25) is 0 Å². The number of carboxylic acids is 1. The van der Waals surface area contributed by atoms with Gasteiger partial charge in [0, 0.05) is 18.8 Å². The smallest absolute Gasteiger partial charge is 0.550 e. The monoisotopic (exact) mass is 381 g/mol. The molecule has 2 atom stereocenters. The Kier molecular flexibility index (Phi) is 19.1. The molecule has 0 amide bonds. The number of carboxylic acid groups (broad SMARTS) is 1. The van der Waals surface area contributed by atoms with Gasteiger partial charge in [-0.05, 0) is 13.3 Å². The number of esters is 2. The molecule has 8 heteroatoms. The normalized spacial score (nSPS) is 12.7. The van der Waals surface area contributed by atoms with E-state index in [-0.39, 0.29) is 36.0 Å². The molecule has 26 heavy (non-hydrogen) atoms. The fraction of sp³-hybridized carbons (Fsp3) is 0.833. The van der Waals surface area contributed by atoms with Gasteiger partial charge in [0.25, 0.3) is 0 Å². The fourth-order valence-corrected chi connectivity index (χ4v) is 2.48. The van der Waals surface area contributed by atoms with Gasteiger partial charge in [-0.3, -0.25) is 10.1 Å². The van der Waals surface area contributed by atoms with Crippen molar-refractivity contribution in [3.63, 3.8) is 0 Å². The molecule has 0 rings (SSSR count). The van der Waals surface area contributed by atoms with E-state index in [1.165, 1.54) is 39.0 Å². The summed E-state index contributed by atoms with van der Waals surface area (Å²) in [5.41, 5.74) is 0. The molecule has 0 aliphatic rings. The van der Waals surface area contributed by atoms with E-state index in [0.717, 1.165) is 19.3 Å². The van der Waals surface area contributed by atoms with Crippen LogP contribution in [0.2, 0.25) is 0 Å². The van der Waals surface area contributed by atoms with Gasteiger partial charge in [-0.1, -0.05) is 58.3 Å². The first kappa shape index (κ1) is 27.7. The molecule has 2 N–H and O–H groups in total. The van der Waals surface area contributed by atoms with Gasteiger partial charge >= 0.3 is 41.5 Å². The predicted molar refractivity (Wildman–Crippen MR) is 91.2 cm³/mol. The standard InChI is InChI=1S/C18H33NO6.Na/c1-3-4-5-6-7-8-9-10-11-12-17(23)25-18(24)15(13-16(21)22)19-14(2)20;/h14-15,19-20H,3-13H2,1-2H3,(H,21,22);/q;+1/p-1. The van der Waals surface area contributed by atoms with Crippen LogP contribution in [0.4, 0.5) is 0 Å². The first-order valence-electron chi connectivity index (χ1n) is 9.25. The number of hydrogen-bond acceptors (Lipinski definition) is 7. The SMILES string of the molecule is CCCCCCCCCCCC(=O)OC(=O)C(CC(=O)[O-])NC(C)O.[Na+]. The molecular formula is C18H32NNaO6. The van der Waals surface area contributed by atoms with Crippen LogP contribution in [0.25, 0.3) is 0 Å². The molecule has 2 unspecified atom stereocenters. The number of nitrogens with one attached hydrogen (secondary N) is 1. The summed E-state index contributed by atoms with van der Waals surface area (Å²) in [6, 6.07) is -1.31. The zero-order valence-corrected chi connectivity index (χ0v) is 18.4. The summed E-state index contributed by atoms with van der Waals surface area (Å²) in [5.74, 6) is -3.16. The molecule has 0 bridgehead atoms. The van der Waals surface area contributed by atoms with Gasteiger partial charge in [0.1, 0.15) is 12.3 Å². The molecule has 0 heterocycles. The van der Waals surface area contributed by atoms with Crippen LogP contribution in [-0.4, -0.2) is 35.3 Å². The van der Waals surface area contributed by atoms with E-state index in [1.54, 1.807) is 0 Å². The zero-order valence-electron chi connectivity index (χ0n) is 16.4. The summed E-state index contributed by atoms with van der Waals surface area (Å²) in [6.07, 6.45) is 8.31. The van der Waals surface area contributed by atoms with Crippen molar-refractivity contribution >= 4 is 17.9 Å². The van der Waals surface area contributed by atoms with Crippen molar-refractivity contribution in [2.75, 3.05) is 0 Å². The third-order valence-electron chi connectivity index (χ3n) is 3.80. The summed E-state index contributed by atoms with van der Waals surface area (Å²) >= 11 is 0. The van der Waals surface area contributed by atoms with E-state index >= 15 is 0 Å². The van der Waals surface area contributed by atoms with Gasteiger partial charge in [-0.2, -0.15) is 0 Å². The number of aliphatic carboxylic acids is 1. The van der Waals surface area contributed by atoms with E-state index in [9.17, 15) is 24.6 Å². The Hall–Kier alpha value is -0.470. The van der Waals surface area contributed by atoms with Gasteiger partial charge in [-0.25, -0.2) is 4.79 Å². The summed E-state index contributed by atoms with van der Waals surface area (Å²) in [4.78, 5) is 34.0. The maximum atomic E-state index is 11.8. The summed E-state index contributed by atoms with van der Waals surface area (Å²) in [7, 11) is 0. The van der Waals surface area contributed by atoms with Crippen LogP contribution in [0.5, 0.6) is 0 Å². The molecule has 0 radical (unpaired) electrons. The van der Waals surface area contributed by atoms with Crippen molar-refractivity contribution in [3.05, 3.63) is 0 Å². The maximum absolute atomic E-state index is 11.8. The molecule has 0 aromatic rings. The minimum atomic E-state index is -1.47. The van der Waals surface area contributed by atoms with Gasteiger partial charge in [0.05, 0.1) is 0 Å². The predicted octanol–water partition coefficient (Wildman–Crippen LogP) is -1.58. The van der Waals surface area contributed by atoms with E-state index < -0.39 is 36.6 Å². The van der Waals surface area contributed by atoms with Crippen molar-refractivity contribution < 1.29 is 58.9 Å². The van der Waals surface area contributed by atoms with Crippen LogP contribution in [0.15, 0.2) is 0 Å². The van der Waals surface area contributed by atoms with E-state index in [2.05, 4.69) is 17.0 Å². The second-order valence-electron chi connectivity index (χ2n) is 6.34. The zero-order chi connectivity index (χ0) is 19.1. The first-order chi connectivity index (χ1) is 11.9. The number of ether oxygens (including phenoxy) is 1. The van der Waals surface area contributed by atoms with Crippen LogP contribution in [0.1, 0.15) is 84.5 Å². The molecule has 7 nitrogen and oxygen atoms in total. The largest absolute Gasteiger partial charge is 1.00 e. The van der Waals surface area contributed by atoms with Crippen LogP contribution >= 0.6 is 0 Å². The Morgan fingerprint density at radius 2 is 1.50 bits per heavy atom. The van der Waals surface area contributed by atoms with Gasteiger partial charge < -0.3 is 19.7 Å². The molecule has 0 saturated heterocycles. The molecule has 0 aromatic heterocycles. The number of rotatable bonds is 15. The summed E-state index contributed by atoms with van der Waals surface area (Å²) < 4.78 is 4.64. The third kappa shape index (κ3) is 17.0. The molecule has 0 fully saturated rings.